The summed E-state index contributed by atoms with van der Waals surface area (Å²) >= 11 is 0. The second-order valence-electron chi connectivity index (χ2n) is 8.36. The zero-order valence-corrected chi connectivity index (χ0v) is 23.3. The summed E-state index contributed by atoms with van der Waals surface area (Å²) < 4.78 is 11.8. The van der Waals surface area contributed by atoms with Gasteiger partial charge in [0, 0.05) is 54.0 Å². The number of aryl methyl sites for hydroxylation is 2. The van der Waals surface area contributed by atoms with Gasteiger partial charge < -0.3 is 19.6 Å². The molecule has 0 fully saturated rings. The van der Waals surface area contributed by atoms with Crippen molar-refractivity contribution in [3.8, 4) is 22.5 Å². The molecule has 1 heterocycles. The fourth-order valence-electron chi connectivity index (χ4n) is 4.29. The van der Waals surface area contributed by atoms with Crippen molar-refractivity contribution in [3.05, 3.63) is 70.6 Å². The minimum absolute atomic E-state index is 0. The number of halogens is 1. The van der Waals surface area contributed by atoms with Gasteiger partial charge in [0.05, 0.1) is 17.5 Å². The molecule has 6 nitrogen and oxygen atoms in total. The number of nitrogens with one attached hydrogen (secondary N) is 1. The summed E-state index contributed by atoms with van der Waals surface area (Å²) in [5, 5.41) is 12.8. The lowest BCUT2D eigenvalue weighted by atomic mass is 9.89. The summed E-state index contributed by atoms with van der Waals surface area (Å²) in [5.74, 6) is 0.408. The minimum atomic E-state index is -0.328. The molecule has 2 aromatic rings. The van der Waals surface area contributed by atoms with Crippen molar-refractivity contribution in [1.29, 1.82) is 0 Å². The number of rotatable bonds is 6. The molecular formula is C30H37ClN2O4. The Morgan fingerprint density at radius 3 is 2.35 bits per heavy atom. The standard InChI is InChI=1S/C28H30N2O3.C2H6O.ClH/c1-6-29-23-15-25-21(13-17(23)4)27(19-11-9-10-12-20(19)28(31)32-8-3)22-14-18(5)24(30-7-2)16-26(22)33-25;1-2-3;/h9-16,29H,6-8H2,1-5H3;3H,2H2,1H3;1H. The molecule has 0 unspecified atom stereocenters. The van der Waals surface area contributed by atoms with E-state index in [1.165, 1.54) is 0 Å². The van der Waals surface area contributed by atoms with Crippen LogP contribution >= 0.6 is 12.4 Å². The minimum Gasteiger partial charge on any atom is -0.462 e. The first-order valence-electron chi connectivity index (χ1n) is 12.5. The van der Waals surface area contributed by atoms with E-state index >= 15 is 0 Å². The Bertz CT molecular complexity index is 1390. The van der Waals surface area contributed by atoms with Gasteiger partial charge in [-0.1, -0.05) is 18.2 Å². The molecule has 198 valence electrons. The predicted molar refractivity (Wildman–Crippen MR) is 154 cm³/mol. The van der Waals surface area contributed by atoms with Gasteiger partial charge in [-0.05, 0) is 76.4 Å². The molecule has 1 aliphatic carbocycles. The number of fused-ring (bicyclic) bond motifs is 2. The maximum absolute atomic E-state index is 12.9. The molecule has 0 bridgehead atoms. The van der Waals surface area contributed by atoms with E-state index in [1.807, 2.05) is 50.2 Å². The molecule has 7 heteroatoms. The fourth-order valence-corrected chi connectivity index (χ4v) is 4.29. The highest BCUT2D eigenvalue weighted by Crippen LogP contribution is 2.43. The molecule has 4 rings (SSSR count). The molecule has 37 heavy (non-hydrogen) atoms. The number of carbonyl (C=O) groups is 1. The highest BCUT2D eigenvalue weighted by atomic mass is 35.5. The smallest absolute Gasteiger partial charge is 0.338 e. The summed E-state index contributed by atoms with van der Waals surface area (Å²) in [6, 6.07) is 15.9. The van der Waals surface area contributed by atoms with Crippen molar-refractivity contribution in [3.63, 3.8) is 0 Å². The number of anilines is 1. The molecule has 1 aliphatic heterocycles. The summed E-state index contributed by atoms with van der Waals surface area (Å²) in [7, 11) is 0. The van der Waals surface area contributed by atoms with E-state index in [-0.39, 0.29) is 25.0 Å². The third-order valence-electron chi connectivity index (χ3n) is 5.77. The number of benzene rings is 3. The number of aliphatic hydroxyl groups excluding tert-OH is 1. The van der Waals surface area contributed by atoms with Crippen LogP contribution in [0.5, 0.6) is 0 Å². The molecule has 0 atom stereocenters. The van der Waals surface area contributed by atoms with Crippen LogP contribution in [0.25, 0.3) is 33.4 Å². The largest absolute Gasteiger partial charge is 0.462 e. The quantitative estimate of drug-likeness (QED) is 0.215. The lowest BCUT2D eigenvalue weighted by Gasteiger charge is -2.19. The van der Waals surface area contributed by atoms with E-state index in [4.69, 9.17) is 14.3 Å². The lowest BCUT2D eigenvalue weighted by molar-refractivity contribution is 0.0527. The van der Waals surface area contributed by atoms with Gasteiger partial charge in [-0.3, -0.25) is 4.99 Å². The molecule has 2 N–H and O–H groups in total. The first-order chi connectivity index (χ1) is 17.4. The molecular weight excluding hydrogens is 488 g/mol. The average Bonchev–Trinajstić information content (AvgIpc) is 2.85. The normalized spacial score (nSPS) is 11.1. The summed E-state index contributed by atoms with van der Waals surface area (Å²) in [6.45, 7) is 13.8. The summed E-state index contributed by atoms with van der Waals surface area (Å²) in [6.07, 6.45) is 0. The van der Waals surface area contributed by atoms with E-state index < -0.39 is 0 Å². The summed E-state index contributed by atoms with van der Waals surface area (Å²) in [4.78, 5) is 17.5. The van der Waals surface area contributed by atoms with Crippen LogP contribution in [0.2, 0.25) is 0 Å². The lowest BCUT2D eigenvalue weighted by Crippen LogP contribution is -2.10. The van der Waals surface area contributed by atoms with Crippen molar-refractivity contribution in [2.45, 2.75) is 41.5 Å². The van der Waals surface area contributed by atoms with Crippen molar-refractivity contribution in [2.75, 3.05) is 31.6 Å². The number of hydrogen-bond acceptors (Lipinski definition) is 6. The van der Waals surface area contributed by atoms with Crippen LogP contribution in [-0.4, -0.2) is 37.4 Å². The Hall–Kier alpha value is -3.35. The molecule has 2 aliphatic rings. The van der Waals surface area contributed by atoms with Crippen LogP contribution in [0.1, 0.15) is 49.2 Å². The van der Waals surface area contributed by atoms with E-state index in [0.29, 0.717) is 18.7 Å². The van der Waals surface area contributed by atoms with Crippen LogP contribution in [0.15, 0.2) is 57.9 Å². The van der Waals surface area contributed by atoms with Crippen LogP contribution in [-0.2, 0) is 4.74 Å². The first kappa shape index (κ1) is 29.9. The van der Waals surface area contributed by atoms with Crippen molar-refractivity contribution in [2.24, 2.45) is 4.99 Å². The monoisotopic (exact) mass is 524 g/mol. The first-order valence-corrected chi connectivity index (χ1v) is 12.5. The molecule has 2 aromatic carbocycles. The Morgan fingerprint density at radius 2 is 1.70 bits per heavy atom. The number of ether oxygens (including phenoxy) is 1. The van der Waals surface area contributed by atoms with Crippen molar-refractivity contribution >= 4 is 35.0 Å². The SMILES string of the molecule is CCN=c1cc2oc3cc(NCC)c(C)cc3c(-c3ccccc3C(=O)OCC)c-2cc1C.CCO.Cl. The molecule has 0 saturated carbocycles. The average molecular weight is 525 g/mol. The van der Waals surface area contributed by atoms with Crippen molar-refractivity contribution in [1.82, 2.24) is 0 Å². The zero-order chi connectivity index (χ0) is 26.2. The van der Waals surface area contributed by atoms with Gasteiger partial charge in [0.2, 0.25) is 0 Å². The zero-order valence-electron chi connectivity index (χ0n) is 22.5. The van der Waals surface area contributed by atoms with Crippen LogP contribution in [0.4, 0.5) is 5.69 Å². The molecule has 0 amide bonds. The third kappa shape index (κ3) is 6.51. The van der Waals surface area contributed by atoms with E-state index in [0.717, 1.165) is 62.1 Å². The van der Waals surface area contributed by atoms with Gasteiger partial charge in [0.1, 0.15) is 11.3 Å². The van der Waals surface area contributed by atoms with Gasteiger partial charge in [-0.2, -0.15) is 0 Å². The highest BCUT2D eigenvalue weighted by molar-refractivity contribution is 6.08. The van der Waals surface area contributed by atoms with Crippen LogP contribution < -0.4 is 10.7 Å². The van der Waals surface area contributed by atoms with Gasteiger partial charge in [0.25, 0.3) is 0 Å². The van der Waals surface area contributed by atoms with Crippen LogP contribution in [0, 0.1) is 13.8 Å². The van der Waals surface area contributed by atoms with E-state index in [1.54, 1.807) is 6.92 Å². The maximum Gasteiger partial charge on any atom is 0.338 e. The fraction of sp³-hybridized carbons (Fsp3) is 0.333. The number of aliphatic hydroxyl groups is 1. The number of esters is 1. The van der Waals surface area contributed by atoms with Crippen molar-refractivity contribution < 1.29 is 19.1 Å². The highest BCUT2D eigenvalue weighted by Gasteiger charge is 2.23. The third-order valence-corrected chi connectivity index (χ3v) is 5.77. The van der Waals surface area contributed by atoms with Gasteiger partial charge in [-0.25, -0.2) is 4.79 Å². The molecule has 0 aromatic heterocycles. The van der Waals surface area contributed by atoms with E-state index in [9.17, 15) is 4.79 Å². The second-order valence-corrected chi connectivity index (χ2v) is 8.36. The molecule has 0 radical (unpaired) electrons. The number of carbonyl (C=O) groups excluding carboxylic acids is 1. The Balaban J connectivity index is 0.00000115. The summed E-state index contributed by atoms with van der Waals surface area (Å²) in [5.41, 5.74) is 7.25. The Kier molecular flexibility index (Phi) is 11.2. The van der Waals surface area contributed by atoms with E-state index in [2.05, 4.69) is 43.2 Å². The Morgan fingerprint density at radius 1 is 1.00 bits per heavy atom. The molecule has 0 saturated heterocycles. The number of hydrogen-bond donors (Lipinski definition) is 2. The second kappa shape index (κ2) is 13.8. The van der Waals surface area contributed by atoms with Gasteiger partial charge in [0.15, 0.2) is 0 Å². The maximum atomic E-state index is 12.9. The van der Waals surface area contributed by atoms with Crippen LogP contribution in [0.3, 0.4) is 0 Å². The number of nitrogens with zero attached hydrogens (tertiary/aromatic N) is 1. The Labute approximate surface area is 225 Å². The molecule has 0 spiro atoms. The topological polar surface area (TPSA) is 84.1 Å². The van der Waals surface area contributed by atoms with Gasteiger partial charge >= 0.3 is 5.97 Å². The predicted octanol–water partition coefficient (Wildman–Crippen LogP) is 6.77. The van der Waals surface area contributed by atoms with Gasteiger partial charge in [-0.15, -0.1) is 12.4 Å².